The maximum absolute atomic E-state index is 5.71. The van der Waals surface area contributed by atoms with Crippen LogP contribution in [-0.2, 0) is 6.42 Å². The first kappa shape index (κ1) is 9.13. The van der Waals surface area contributed by atoms with Crippen LogP contribution in [0.2, 0.25) is 4.44 Å². The number of nitrogens with two attached hydrogens (primary N) is 1. The third-order valence-electron chi connectivity index (χ3n) is 1.61. The SMILES string of the molecule is CC(N)c1occc1C[CH2][SnH]. The molecule has 0 amide bonds. The van der Waals surface area contributed by atoms with Gasteiger partial charge in [-0.3, -0.25) is 0 Å². The van der Waals surface area contributed by atoms with Gasteiger partial charge in [0.1, 0.15) is 0 Å². The van der Waals surface area contributed by atoms with Crippen molar-refractivity contribution in [2.45, 2.75) is 23.8 Å². The van der Waals surface area contributed by atoms with Crippen LogP contribution in [0, 0.1) is 0 Å². The molecule has 1 heterocycles. The fraction of sp³-hybridized carbons (Fsp3) is 0.500. The van der Waals surface area contributed by atoms with Crippen molar-refractivity contribution < 1.29 is 4.42 Å². The zero-order chi connectivity index (χ0) is 8.27. The average Bonchev–Trinajstić information content (AvgIpc) is 2.36. The topological polar surface area (TPSA) is 39.2 Å². The first-order chi connectivity index (χ1) is 5.25. The van der Waals surface area contributed by atoms with Gasteiger partial charge in [-0.05, 0) is 0 Å². The van der Waals surface area contributed by atoms with Crippen molar-refractivity contribution in [2.24, 2.45) is 5.73 Å². The molecule has 1 rings (SSSR count). The summed E-state index contributed by atoms with van der Waals surface area (Å²) >= 11 is 1.30. The fourth-order valence-electron chi connectivity index (χ4n) is 1.11. The Balaban J connectivity index is 2.78. The van der Waals surface area contributed by atoms with Crippen LogP contribution in [0.15, 0.2) is 16.7 Å². The monoisotopic (exact) mass is 259 g/mol. The van der Waals surface area contributed by atoms with Crippen molar-refractivity contribution in [1.82, 2.24) is 0 Å². The van der Waals surface area contributed by atoms with Crippen LogP contribution in [0.1, 0.15) is 24.3 Å². The molecule has 1 unspecified atom stereocenters. The minimum atomic E-state index is 0.0344. The van der Waals surface area contributed by atoms with E-state index in [1.807, 2.05) is 13.0 Å². The molecule has 0 bridgehead atoms. The summed E-state index contributed by atoms with van der Waals surface area (Å²) in [6.07, 6.45) is 2.85. The summed E-state index contributed by atoms with van der Waals surface area (Å²) in [6, 6.07) is 2.06. The van der Waals surface area contributed by atoms with Crippen molar-refractivity contribution in [3.8, 4) is 0 Å². The Labute approximate surface area is 80.2 Å². The summed E-state index contributed by atoms with van der Waals surface area (Å²) in [6.45, 7) is 1.95. The van der Waals surface area contributed by atoms with Gasteiger partial charge in [-0.15, -0.1) is 0 Å². The molecule has 0 aliphatic rings. The van der Waals surface area contributed by atoms with Crippen molar-refractivity contribution in [3.63, 3.8) is 0 Å². The average molecular weight is 258 g/mol. The van der Waals surface area contributed by atoms with E-state index in [1.54, 1.807) is 6.26 Å². The Kier molecular flexibility index (Phi) is 3.45. The van der Waals surface area contributed by atoms with Crippen LogP contribution < -0.4 is 5.73 Å². The molecule has 11 heavy (non-hydrogen) atoms. The van der Waals surface area contributed by atoms with Gasteiger partial charge in [-0.2, -0.15) is 0 Å². The van der Waals surface area contributed by atoms with E-state index in [-0.39, 0.29) is 6.04 Å². The van der Waals surface area contributed by atoms with Crippen LogP contribution in [0.25, 0.3) is 0 Å². The standard InChI is InChI=1S/C8H12NO.Sn.H/c1-3-7-4-5-10-8(7)6(2)9;;/h4-6H,1,3,9H2,2H3;;. The maximum atomic E-state index is 5.71. The molecule has 3 heteroatoms. The van der Waals surface area contributed by atoms with E-state index >= 15 is 0 Å². The molecule has 0 aliphatic carbocycles. The minimum absolute atomic E-state index is 0.0344. The Morgan fingerprint density at radius 1 is 1.73 bits per heavy atom. The second-order valence-corrected chi connectivity index (χ2v) is 4.29. The summed E-state index contributed by atoms with van der Waals surface area (Å²) in [7, 11) is 0. The summed E-state index contributed by atoms with van der Waals surface area (Å²) in [5, 5.41) is 0. The zero-order valence-corrected chi connectivity index (χ0v) is 10.0. The first-order valence-corrected chi connectivity index (χ1v) is 6.10. The quantitative estimate of drug-likeness (QED) is 0.826. The van der Waals surface area contributed by atoms with Gasteiger partial charge >= 0.3 is 80.2 Å². The van der Waals surface area contributed by atoms with Crippen LogP contribution in [-0.4, -0.2) is 22.5 Å². The van der Waals surface area contributed by atoms with Crippen LogP contribution in [0.5, 0.6) is 0 Å². The molecular formula is C8H13NOSn. The van der Waals surface area contributed by atoms with Gasteiger partial charge < -0.3 is 0 Å². The van der Waals surface area contributed by atoms with Crippen molar-refractivity contribution >= 4 is 22.5 Å². The van der Waals surface area contributed by atoms with E-state index in [9.17, 15) is 0 Å². The van der Waals surface area contributed by atoms with Crippen LogP contribution in [0.4, 0.5) is 0 Å². The van der Waals surface area contributed by atoms with Crippen molar-refractivity contribution in [3.05, 3.63) is 23.7 Å². The number of aryl methyl sites for hydroxylation is 1. The number of rotatable bonds is 3. The van der Waals surface area contributed by atoms with E-state index in [4.69, 9.17) is 10.2 Å². The van der Waals surface area contributed by atoms with Gasteiger partial charge in [0.15, 0.2) is 0 Å². The van der Waals surface area contributed by atoms with Gasteiger partial charge in [0.25, 0.3) is 0 Å². The third-order valence-corrected chi connectivity index (χ3v) is 2.43. The third kappa shape index (κ3) is 2.23. The van der Waals surface area contributed by atoms with E-state index in [0.717, 1.165) is 12.2 Å². The summed E-state index contributed by atoms with van der Waals surface area (Å²) in [4.78, 5) is 0. The van der Waals surface area contributed by atoms with Gasteiger partial charge in [-0.25, -0.2) is 0 Å². The summed E-state index contributed by atoms with van der Waals surface area (Å²) < 4.78 is 6.54. The summed E-state index contributed by atoms with van der Waals surface area (Å²) in [5.74, 6) is 0.958. The molecule has 0 aliphatic heterocycles. The first-order valence-electron chi connectivity index (χ1n) is 3.77. The van der Waals surface area contributed by atoms with Crippen molar-refractivity contribution in [1.29, 1.82) is 0 Å². The predicted octanol–water partition coefficient (Wildman–Crippen LogP) is 1.16. The van der Waals surface area contributed by atoms with E-state index in [2.05, 4.69) is 0 Å². The molecule has 0 aromatic carbocycles. The molecule has 0 saturated carbocycles. The predicted molar refractivity (Wildman–Crippen MR) is 47.0 cm³/mol. The van der Waals surface area contributed by atoms with Gasteiger partial charge in [-0.1, -0.05) is 0 Å². The Hall–Kier alpha value is 0.0387. The van der Waals surface area contributed by atoms with Crippen LogP contribution >= 0.6 is 0 Å². The van der Waals surface area contributed by atoms with Gasteiger partial charge in [0.05, 0.1) is 0 Å². The second kappa shape index (κ2) is 4.16. The Bertz CT molecular complexity index is 220. The van der Waals surface area contributed by atoms with E-state index in [0.29, 0.717) is 0 Å². The molecular weight excluding hydrogens is 245 g/mol. The normalized spacial score (nSPS) is 13.4. The molecule has 0 fully saturated rings. The molecule has 2 radical (unpaired) electrons. The number of furan rings is 1. The Morgan fingerprint density at radius 3 is 3.00 bits per heavy atom. The number of hydrogen-bond acceptors (Lipinski definition) is 2. The molecule has 0 saturated heterocycles. The molecule has 0 spiro atoms. The van der Waals surface area contributed by atoms with E-state index < -0.39 is 0 Å². The van der Waals surface area contributed by atoms with Gasteiger partial charge in [0, 0.05) is 0 Å². The van der Waals surface area contributed by atoms with Crippen molar-refractivity contribution in [2.75, 3.05) is 0 Å². The molecule has 1 atom stereocenters. The molecule has 60 valence electrons. The number of hydrogen-bond donors (Lipinski definition) is 1. The van der Waals surface area contributed by atoms with Crippen LogP contribution in [0.3, 0.4) is 0 Å². The Morgan fingerprint density at radius 2 is 2.45 bits per heavy atom. The second-order valence-electron chi connectivity index (χ2n) is 2.64. The molecule has 1 aromatic rings. The fourth-order valence-corrected chi connectivity index (χ4v) is 2.00. The molecule has 1 aromatic heterocycles. The van der Waals surface area contributed by atoms with E-state index in [1.165, 1.54) is 32.5 Å². The summed E-state index contributed by atoms with van der Waals surface area (Å²) in [5.41, 5.74) is 6.99. The zero-order valence-electron chi connectivity index (χ0n) is 6.71. The van der Waals surface area contributed by atoms with Gasteiger partial charge in [0.2, 0.25) is 0 Å². The molecule has 2 nitrogen and oxygen atoms in total. The molecule has 2 N–H and O–H groups in total.